The third kappa shape index (κ3) is 3.41. The van der Waals surface area contributed by atoms with Crippen LogP contribution in [0.1, 0.15) is 25.8 Å². The molecule has 96 valence electrons. The summed E-state index contributed by atoms with van der Waals surface area (Å²) in [6, 6.07) is 6.92. The van der Waals surface area contributed by atoms with E-state index in [1.807, 2.05) is 19.1 Å². The summed E-state index contributed by atoms with van der Waals surface area (Å²) >= 11 is 1.57. The van der Waals surface area contributed by atoms with E-state index in [-0.39, 0.29) is 0 Å². The summed E-state index contributed by atoms with van der Waals surface area (Å²) in [6.07, 6.45) is 0.464. The van der Waals surface area contributed by atoms with E-state index >= 15 is 0 Å². The van der Waals surface area contributed by atoms with Crippen molar-refractivity contribution in [2.24, 2.45) is 0 Å². The van der Waals surface area contributed by atoms with Gasteiger partial charge in [-0.2, -0.15) is 5.26 Å². The number of benzene rings is 1. The first-order valence-corrected chi connectivity index (χ1v) is 6.77. The lowest BCUT2D eigenvalue weighted by Crippen LogP contribution is -2.28. The molecule has 0 amide bonds. The van der Waals surface area contributed by atoms with Gasteiger partial charge in [0.25, 0.3) is 0 Å². The Morgan fingerprint density at radius 2 is 2.28 bits per heavy atom. The maximum atomic E-state index is 11.0. The normalized spacial score (nSPS) is 11.6. The van der Waals surface area contributed by atoms with Crippen LogP contribution >= 0.6 is 11.8 Å². The Labute approximate surface area is 111 Å². The van der Waals surface area contributed by atoms with Crippen molar-refractivity contribution in [3.8, 4) is 6.07 Å². The number of hydrogen-bond donors (Lipinski definition) is 2. The zero-order valence-corrected chi connectivity index (χ0v) is 11.3. The zero-order chi connectivity index (χ0) is 13.5. The Kier molecular flexibility index (Phi) is 5.53. The molecule has 0 saturated heterocycles. The van der Waals surface area contributed by atoms with Gasteiger partial charge in [-0.15, -0.1) is 11.8 Å². The molecule has 0 aliphatic carbocycles. The van der Waals surface area contributed by atoms with Crippen LogP contribution in [0.3, 0.4) is 0 Å². The number of anilines is 1. The fourth-order valence-corrected chi connectivity index (χ4v) is 2.35. The predicted molar refractivity (Wildman–Crippen MR) is 72.9 cm³/mol. The van der Waals surface area contributed by atoms with Crippen molar-refractivity contribution in [3.05, 3.63) is 23.8 Å². The van der Waals surface area contributed by atoms with Gasteiger partial charge in [-0.25, -0.2) is 4.79 Å². The molecule has 5 heteroatoms. The lowest BCUT2D eigenvalue weighted by molar-refractivity contribution is -0.137. The molecule has 0 aromatic heterocycles. The minimum atomic E-state index is -0.907. The Morgan fingerprint density at radius 1 is 1.56 bits per heavy atom. The highest BCUT2D eigenvalue weighted by molar-refractivity contribution is 7.99. The van der Waals surface area contributed by atoms with Crippen LogP contribution in [-0.2, 0) is 4.79 Å². The molecule has 1 rings (SSSR count). The standard InChI is InChI=1S/C13H16N2O2S/c1-3-10(13(16)17)15-11-6-5-7-12(18-4-2)9(11)8-14/h5-7,10,15H,3-4H2,1-2H3,(H,16,17). The first-order chi connectivity index (χ1) is 8.63. The maximum absolute atomic E-state index is 11.0. The van der Waals surface area contributed by atoms with Gasteiger partial charge in [0.15, 0.2) is 0 Å². The highest BCUT2D eigenvalue weighted by atomic mass is 32.2. The average Bonchev–Trinajstić information content (AvgIpc) is 2.36. The van der Waals surface area contributed by atoms with E-state index in [2.05, 4.69) is 11.4 Å². The van der Waals surface area contributed by atoms with Crippen molar-refractivity contribution < 1.29 is 9.90 Å². The molecule has 0 bridgehead atoms. The van der Waals surface area contributed by atoms with Crippen LogP contribution in [-0.4, -0.2) is 22.9 Å². The Hall–Kier alpha value is -1.67. The molecule has 0 fully saturated rings. The van der Waals surface area contributed by atoms with E-state index in [4.69, 9.17) is 5.11 Å². The average molecular weight is 264 g/mol. The quantitative estimate of drug-likeness (QED) is 0.773. The van der Waals surface area contributed by atoms with Crippen LogP contribution in [0, 0.1) is 11.3 Å². The van der Waals surface area contributed by atoms with Gasteiger partial charge in [0.1, 0.15) is 12.1 Å². The number of hydrogen-bond acceptors (Lipinski definition) is 4. The van der Waals surface area contributed by atoms with E-state index < -0.39 is 12.0 Å². The van der Waals surface area contributed by atoms with Crippen LogP contribution in [0.25, 0.3) is 0 Å². The molecule has 1 unspecified atom stereocenters. The number of carboxylic acids is 1. The second-order valence-corrected chi connectivity index (χ2v) is 4.97. The maximum Gasteiger partial charge on any atom is 0.326 e. The molecule has 1 aromatic carbocycles. The summed E-state index contributed by atoms with van der Waals surface area (Å²) in [7, 11) is 0. The van der Waals surface area contributed by atoms with Crippen LogP contribution < -0.4 is 5.32 Å². The minimum absolute atomic E-state index is 0.464. The van der Waals surface area contributed by atoms with Crippen molar-refractivity contribution in [3.63, 3.8) is 0 Å². The number of nitriles is 1. The van der Waals surface area contributed by atoms with Crippen LogP contribution in [0.2, 0.25) is 0 Å². The van der Waals surface area contributed by atoms with E-state index in [9.17, 15) is 10.1 Å². The predicted octanol–water partition coefficient (Wildman–Crippen LogP) is 2.95. The first-order valence-electron chi connectivity index (χ1n) is 5.79. The summed E-state index contributed by atoms with van der Waals surface area (Å²) in [4.78, 5) is 11.9. The van der Waals surface area contributed by atoms with Gasteiger partial charge in [-0.05, 0) is 24.3 Å². The Morgan fingerprint density at radius 3 is 2.78 bits per heavy atom. The highest BCUT2D eigenvalue weighted by Crippen LogP contribution is 2.28. The van der Waals surface area contributed by atoms with Crippen molar-refractivity contribution in [2.45, 2.75) is 31.2 Å². The second-order valence-electron chi connectivity index (χ2n) is 3.67. The van der Waals surface area contributed by atoms with Crippen LogP contribution in [0.15, 0.2) is 23.1 Å². The van der Waals surface area contributed by atoms with Crippen molar-refractivity contribution in [1.82, 2.24) is 0 Å². The number of nitrogens with zero attached hydrogens (tertiary/aromatic N) is 1. The van der Waals surface area contributed by atoms with Crippen molar-refractivity contribution in [2.75, 3.05) is 11.1 Å². The summed E-state index contributed by atoms with van der Waals surface area (Å²) in [5.41, 5.74) is 1.11. The molecule has 4 nitrogen and oxygen atoms in total. The molecule has 0 aliphatic rings. The number of rotatable bonds is 6. The van der Waals surface area contributed by atoms with E-state index in [1.165, 1.54) is 0 Å². The highest BCUT2D eigenvalue weighted by Gasteiger charge is 2.17. The van der Waals surface area contributed by atoms with Gasteiger partial charge in [-0.3, -0.25) is 0 Å². The van der Waals surface area contributed by atoms with Crippen LogP contribution in [0.4, 0.5) is 5.69 Å². The number of nitrogens with one attached hydrogen (secondary N) is 1. The smallest absolute Gasteiger partial charge is 0.326 e. The van der Waals surface area contributed by atoms with Crippen molar-refractivity contribution >= 4 is 23.4 Å². The molecule has 0 spiro atoms. The van der Waals surface area contributed by atoms with Gasteiger partial charge in [0, 0.05) is 4.90 Å². The molecule has 0 heterocycles. The third-order valence-electron chi connectivity index (χ3n) is 2.47. The van der Waals surface area contributed by atoms with Gasteiger partial charge in [-0.1, -0.05) is 19.9 Å². The summed E-state index contributed by atoms with van der Waals surface area (Å²) in [5, 5.41) is 21.1. The fourth-order valence-electron chi connectivity index (χ4n) is 1.57. The fraction of sp³-hybridized carbons (Fsp3) is 0.385. The number of carboxylic acid groups (broad SMARTS) is 1. The minimum Gasteiger partial charge on any atom is -0.480 e. The first kappa shape index (κ1) is 14.4. The number of thioether (sulfide) groups is 1. The third-order valence-corrected chi connectivity index (χ3v) is 3.41. The van der Waals surface area contributed by atoms with Crippen molar-refractivity contribution in [1.29, 1.82) is 5.26 Å². The van der Waals surface area contributed by atoms with Gasteiger partial charge in [0.2, 0.25) is 0 Å². The largest absolute Gasteiger partial charge is 0.480 e. The topological polar surface area (TPSA) is 73.1 Å². The molecule has 18 heavy (non-hydrogen) atoms. The van der Waals surface area contributed by atoms with Crippen LogP contribution in [0.5, 0.6) is 0 Å². The monoisotopic (exact) mass is 264 g/mol. The summed E-state index contributed by atoms with van der Waals surface area (Å²) in [5.74, 6) is -0.0381. The Balaban J connectivity index is 3.05. The molecular weight excluding hydrogens is 248 g/mol. The van der Waals surface area contributed by atoms with E-state index in [0.717, 1.165) is 10.6 Å². The van der Waals surface area contributed by atoms with E-state index in [1.54, 1.807) is 24.8 Å². The molecular formula is C13H16N2O2S. The molecule has 0 saturated carbocycles. The zero-order valence-electron chi connectivity index (χ0n) is 10.4. The SMILES string of the molecule is CCSc1cccc(NC(CC)C(=O)O)c1C#N. The summed E-state index contributed by atoms with van der Waals surface area (Å²) < 4.78 is 0. The number of carbonyl (C=O) groups is 1. The van der Waals surface area contributed by atoms with E-state index in [0.29, 0.717) is 17.7 Å². The molecule has 0 radical (unpaired) electrons. The molecule has 1 atom stereocenters. The molecule has 2 N–H and O–H groups in total. The van der Waals surface area contributed by atoms with Gasteiger partial charge >= 0.3 is 5.97 Å². The lowest BCUT2D eigenvalue weighted by Gasteiger charge is -2.16. The van der Waals surface area contributed by atoms with Gasteiger partial charge < -0.3 is 10.4 Å². The molecule has 0 aliphatic heterocycles. The number of aliphatic carboxylic acids is 1. The summed E-state index contributed by atoms with van der Waals surface area (Å²) in [6.45, 7) is 3.81. The second kappa shape index (κ2) is 6.92. The Bertz CT molecular complexity index is 469. The molecule has 1 aromatic rings. The lowest BCUT2D eigenvalue weighted by atomic mass is 10.1. The van der Waals surface area contributed by atoms with Gasteiger partial charge in [0.05, 0.1) is 11.3 Å².